The Morgan fingerprint density at radius 2 is 2.12 bits per heavy atom. The van der Waals surface area contributed by atoms with Gasteiger partial charge in [0.25, 0.3) is 0 Å². The van der Waals surface area contributed by atoms with Crippen LogP contribution in [-0.2, 0) is 12.9 Å². The van der Waals surface area contributed by atoms with Crippen molar-refractivity contribution < 1.29 is 4.74 Å². The van der Waals surface area contributed by atoms with Gasteiger partial charge in [-0.2, -0.15) is 5.10 Å². The smallest absolute Gasteiger partial charge is 0.128 e. The lowest BCUT2D eigenvalue weighted by Gasteiger charge is -2.08. The zero-order valence-corrected chi connectivity index (χ0v) is 11.1. The zero-order valence-electron chi connectivity index (χ0n) is 9.58. The standard InChI is InChI=1S/C12H12Cl2N2O/c1-16-11(6-9(7-13)15-16)10-5-8(14)3-4-12(10)17-2/h3-6H,7H2,1-2H3. The minimum atomic E-state index is 0.386. The van der Waals surface area contributed by atoms with Crippen molar-refractivity contribution in [2.45, 2.75) is 5.88 Å². The van der Waals surface area contributed by atoms with E-state index in [0.717, 1.165) is 22.7 Å². The Kier molecular flexibility index (Phi) is 3.60. The summed E-state index contributed by atoms with van der Waals surface area (Å²) in [6.07, 6.45) is 0. The first-order chi connectivity index (χ1) is 8.15. The number of alkyl halides is 1. The Bertz CT molecular complexity index is 537. The fourth-order valence-corrected chi connectivity index (χ4v) is 2.03. The van der Waals surface area contributed by atoms with Crippen molar-refractivity contribution in [2.75, 3.05) is 7.11 Å². The predicted octanol–water partition coefficient (Wildman–Crippen LogP) is 3.49. The van der Waals surface area contributed by atoms with Crippen molar-refractivity contribution in [3.8, 4) is 17.0 Å². The molecule has 0 aliphatic rings. The first kappa shape index (κ1) is 12.3. The van der Waals surface area contributed by atoms with E-state index in [-0.39, 0.29) is 0 Å². The molecule has 1 aromatic carbocycles. The highest BCUT2D eigenvalue weighted by Crippen LogP contribution is 2.32. The fourth-order valence-electron chi connectivity index (χ4n) is 1.72. The monoisotopic (exact) mass is 270 g/mol. The molecule has 0 radical (unpaired) electrons. The Labute approximate surface area is 110 Å². The van der Waals surface area contributed by atoms with E-state index in [1.807, 2.05) is 25.2 Å². The minimum Gasteiger partial charge on any atom is -0.496 e. The molecule has 0 spiro atoms. The second kappa shape index (κ2) is 4.98. The molecule has 2 aromatic rings. The van der Waals surface area contributed by atoms with Gasteiger partial charge in [0, 0.05) is 17.6 Å². The third kappa shape index (κ3) is 2.40. The van der Waals surface area contributed by atoms with E-state index in [0.29, 0.717) is 10.9 Å². The van der Waals surface area contributed by atoms with Gasteiger partial charge < -0.3 is 4.74 Å². The first-order valence-corrected chi connectivity index (χ1v) is 5.99. The highest BCUT2D eigenvalue weighted by Gasteiger charge is 2.12. The van der Waals surface area contributed by atoms with E-state index >= 15 is 0 Å². The van der Waals surface area contributed by atoms with Crippen LogP contribution in [0.25, 0.3) is 11.3 Å². The molecule has 0 fully saturated rings. The van der Waals surface area contributed by atoms with Crippen LogP contribution < -0.4 is 4.74 Å². The number of rotatable bonds is 3. The van der Waals surface area contributed by atoms with Gasteiger partial charge >= 0.3 is 0 Å². The van der Waals surface area contributed by atoms with Crippen LogP contribution in [0.4, 0.5) is 0 Å². The van der Waals surface area contributed by atoms with Crippen LogP contribution in [0.3, 0.4) is 0 Å². The lowest BCUT2D eigenvalue weighted by molar-refractivity contribution is 0.416. The van der Waals surface area contributed by atoms with Crippen LogP contribution in [0, 0.1) is 0 Å². The van der Waals surface area contributed by atoms with Crippen molar-refractivity contribution in [2.24, 2.45) is 7.05 Å². The summed E-state index contributed by atoms with van der Waals surface area (Å²) in [5.74, 6) is 1.15. The van der Waals surface area contributed by atoms with Crippen LogP contribution in [0.1, 0.15) is 5.69 Å². The number of hydrogen-bond donors (Lipinski definition) is 0. The summed E-state index contributed by atoms with van der Waals surface area (Å²) in [5, 5.41) is 4.96. The van der Waals surface area contributed by atoms with Crippen molar-refractivity contribution >= 4 is 23.2 Å². The highest BCUT2D eigenvalue weighted by atomic mass is 35.5. The largest absolute Gasteiger partial charge is 0.496 e. The Morgan fingerprint density at radius 1 is 1.35 bits per heavy atom. The molecule has 0 N–H and O–H groups in total. The van der Waals surface area contributed by atoms with Gasteiger partial charge in [0.2, 0.25) is 0 Å². The molecule has 5 heteroatoms. The summed E-state index contributed by atoms with van der Waals surface area (Å²) in [7, 11) is 3.50. The fraction of sp³-hybridized carbons (Fsp3) is 0.250. The lowest BCUT2D eigenvalue weighted by Crippen LogP contribution is -1.96. The van der Waals surface area contributed by atoms with Crippen molar-refractivity contribution in [1.82, 2.24) is 9.78 Å². The van der Waals surface area contributed by atoms with Gasteiger partial charge in [-0.3, -0.25) is 4.68 Å². The van der Waals surface area contributed by atoms with E-state index in [4.69, 9.17) is 27.9 Å². The maximum atomic E-state index is 6.01. The summed E-state index contributed by atoms with van der Waals surface area (Å²) >= 11 is 11.8. The van der Waals surface area contributed by atoms with Crippen LogP contribution in [0.5, 0.6) is 5.75 Å². The van der Waals surface area contributed by atoms with Gasteiger partial charge in [0.05, 0.1) is 24.4 Å². The molecule has 0 amide bonds. The molecular formula is C12H12Cl2N2O. The molecule has 1 aromatic heterocycles. The number of halogens is 2. The number of aromatic nitrogens is 2. The molecule has 2 rings (SSSR count). The van der Waals surface area contributed by atoms with Gasteiger partial charge in [-0.05, 0) is 24.3 Å². The summed E-state index contributed by atoms with van der Waals surface area (Å²) in [6, 6.07) is 7.42. The summed E-state index contributed by atoms with van der Waals surface area (Å²) in [5.41, 5.74) is 2.66. The van der Waals surface area contributed by atoms with Gasteiger partial charge in [-0.25, -0.2) is 0 Å². The number of methoxy groups -OCH3 is 1. The Hall–Kier alpha value is -1.19. The average molecular weight is 271 g/mol. The van der Waals surface area contributed by atoms with E-state index in [1.165, 1.54) is 0 Å². The first-order valence-electron chi connectivity index (χ1n) is 5.08. The van der Waals surface area contributed by atoms with E-state index in [1.54, 1.807) is 17.9 Å². The topological polar surface area (TPSA) is 27.1 Å². The maximum Gasteiger partial charge on any atom is 0.128 e. The van der Waals surface area contributed by atoms with Crippen LogP contribution in [0.2, 0.25) is 5.02 Å². The van der Waals surface area contributed by atoms with Crippen molar-refractivity contribution in [3.05, 3.63) is 35.0 Å². The highest BCUT2D eigenvalue weighted by molar-refractivity contribution is 6.31. The molecule has 0 unspecified atom stereocenters. The number of benzene rings is 1. The quantitative estimate of drug-likeness (QED) is 0.799. The number of aryl methyl sites for hydroxylation is 1. The number of ether oxygens (including phenoxy) is 1. The summed E-state index contributed by atoms with van der Waals surface area (Å²) in [4.78, 5) is 0. The van der Waals surface area contributed by atoms with Crippen LogP contribution in [-0.4, -0.2) is 16.9 Å². The molecule has 1 heterocycles. The third-order valence-electron chi connectivity index (χ3n) is 2.50. The molecule has 90 valence electrons. The Balaban J connectivity index is 2.58. The molecule has 3 nitrogen and oxygen atoms in total. The molecule has 0 saturated carbocycles. The molecular weight excluding hydrogens is 259 g/mol. The molecule has 0 bridgehead atoms. The van der Waals surface area contributed by atoms with E-state index in [9.17, 15) is 0 Å². The normalized spacial score (nSPS) is 10.6. The predicted molar refractivity (Wildman–Crippen MR) is 69.8 cm³/mol. The SMILES string of the molecule is COc1ccc(Cl)cc1-c1cc(CCl)nn1C. The van der Waals surface area contributed by atoms with Gasteiger partial charge in [0.1, 0.15) is 5.75 Å². The average Bonchev–Trinajstić information content (AvgIpc) is 2.70. The summed E-state index contributed by atoms with van der Waals surface area (Å²) < 4.78 is 7.09. The summed E-state index contributed by atoms with van der Waals surface area (Å²) in [6.45, 7) is 0. The van der Waals surface area contributed by atoms with Gasteiger partial charge in [-0.15, -0.1) is 11.6 Å². The minimum absolute atomic E-state index is 0.386. The number of nitrogens with zero attached hydrogens (tertiary/aromatic N) is 2. The van der Waals surface area contributed by atoms with Gasteiger partial charge in [0.15, 0.2) is 0 Å². The van der Waals surface area contributed by atoms with Gasteiger partial charge in [-0.1, -0.05) is 11.6 Å². The maximum absolute atomic E-state index is 6.01. The second-order valence-corrected chi connectivity index (χ2v) is 4.33. The molecule has 0 aliphatic carbocycles. The molecule has 17 heavy (non-hydrogen) atoms. The van der Waals surface area contributed by atoms with Crippen LogP contribution >= 0.6 is 23.2 Å². The number of hydrogen-bond acceptors (Lipinski definition) is 2. The van der Waals surface area contributed by atoms with E-state index < -0.39 is 0 Å². The lowest BCUT2D eigenvalue weighted by atomic mass is 10.1. The molecule has 0 aliphatic heterocycles. The molecule has 0 atom stereocenters. The van der Waals surface area contributed by atoms with Crippen molar-refractivity contribution in [1.29, 1.82) is 0 Å². The second-order valence-electron chi connectivity index (χ2n) is 3.62. The van der Waals surface area contributed by atoms with Crippen molar-refractivity contribution in [3.63, 3.8) is 0 Å². The van der Waals surface area contributed by atoms with E-state index in [2.05, 4.69) is 5.10 Å². The Morgan fingerprint density at radius 3 is 2.71 bits per heavy atom. The molecule has 0 saturated heterocycles. The zero-order chi connectivity index (χ0) is 12.4. The van der Waals surface area contributed by atoms with Crippen LogP contribution in [0.15, 0.2) is 24.3 Å². The third-order valence-corrected chi connectivity index (χ3v) is 3.01.